The number of sulfone groups is 1. The highest BCUT2D eigenvalue weighted by Gasteiger charge is 2.16. The van der Waals surface area contributed by atoms with Gasteiger partial charge in [-0.25, -0.2) is 8.42 Å². The predicted octanol–water partition coefficient (Wildman–Crippen LogP) is 2.06. The van der Waals surface area contributed by atoms with Crippen molar-refractivity contribution in [1.82, 2.24) is 9.88 Å². The molecule has 1 N–H and O–H groups in total. The van der Waals surface area contributed by atoms with Crippen LogP contribution >= 0.6 is 0 Å². The van der Waals surface area contributed by atoms with E-state index < -0.39 is 9.84 Å². The van der Waals surface area contributed by atoms with Crippen molar-refractivity contribution in [3.8, 4) is 0 Å². The van der Waals surface area contributed by atoms with Gasteiger partial charge in [0.25, 0.3) is 0 Å². The fourth-order valence-electron chi connectivity index (χ4n) is 1.78. The predicted molar refractivity (Wildman–Crippen MR) is 79.9 cm³/mol. The maximum atomic E-state index is 11.8. The molecule has 5 heteroatoms. The molecule has 19 heavy (non-hydrogen) atoms. The van der Waals surface area contributed by atoms with Crippen LogP contribution in [0.3, 0.4) is 0 Å². The van der Waals surface area contributed by atoms with E-state index >= 15 is 0 Å². The van der Waals surface area contributed by atoms with Gasteiger partial charge in [0.05, 0.1) is 11.0 Å². The van der Waals surface area contributed by atoms with Crippen LogP contribution < -0.4 is 5.32 Å². The average Bonchev–Trinajstić information content (AvgIpc) is 2.73. The third kappa shape index (κ3) is 5.37. The Kier molecular flexibility index (Phi) is 6.07. The highest BCUT2D eigenvalue weighted by molar-refractivity contribution is 7.91. The van der Waals surface area contributed by atoms with Crippen LogP contribution in [0, 0.1) is 5.92 Å². The number of hydrogen-bond donors (Lipinski definition) is 1. The van der Waals surface area contributed by atoms with Gasteiger partial charge in [-0.2, -0.15) is 0 Å². The molecule has 0 saturated heterocycles. The lowest BCUT2D eigenvalue weighted by Gasteiger charge is -2.13. The molecule has 0 radical (unpaired) electrons. The Balaban J connectivity index is 2.54. The molecule has 0 unspecified atom stereocenters. The lowest BCUT2D eigenvalue weighted by atomic mass is 10.2. The molecule has 0 spiro atoms. The van der Waals surface area contributed by atoms with Crippen LogP contribution in [0.15, 0.2) is 18.3 Å². The molecule has 0 aliphatic rings. The van der Waals surface area contributed by atoms with Crippen LogP contribution in [0.5, 0.6) is 0 Å². The smallest absolute Gasteiger partial charge is 0.154 e. The van der Waals surface area contributed by atoms with E-state index in [1.165, 1.54) is 0 Å². The fourth-order valence-corrected chi connectivity index (χ4v) is 2.70. The lowest BCUT2D eigenvalue weighted by Crippen LogP contribution is -2.24. The van der Waals surface area contributed by atoms with E-state index in [9.17, 15) is 8.42 Å². The van der Waals surface area contributed by atoms with Crippen LogP contribution in [0.1, 0.15) is 33.4 Å². The Morgan fingerprint density at radius 2 is 1.95 bits per heavy atom. The second-order valence-corrected chi connectivity index (χ2v) is 8.31. The highest BCUT2D eigenvalue weighted by Crippen LogP contribution is 2.06. The number of aryl methyl sites for hydroxylation is 1. The minimum absolute atomic E-state index is 0.205. The number of nitrogens with zero attached hydrogens (tertiary/aromatic N) is 1. The SMILES string of the molecule is CC(C)CNCc1cccn1CCS(=O)(=O)C(C)C. The molecule has 0 bridgehead atoms. The Morgan fingerprint density at radius 1 is 1.26 bits per heavy atom. The topological polar surface area (TPSA) is 51.1 Å². The molecule has 110 valence electrons. The van der Waals surface area contributed by atoms with Gasteiger partial charge < -0.3 is 9.88 Å². The van der Waals surface area contributed by atoms with Gasteiger partial charge in [-0.15, -0.1) is 0 Å². The van der Waals surface area contributed by atoms with Crippen LogP contribution in [0.4, 0.5) is 0 Å². The van der Waals surface area contributed by atoms with E-state index in [0.29, 0.717) is 12.5 Å². The summed E-state index contributed by atoms with van der Waals surface area (Å²) in [6.07, 6.45) is 1.95. The number of rotatable bonds is 8. The molecule has 0 aromatic carbocycles. The number of aromatic nitrogens is 1. The summed E-state index contributed by atoms with van der Waals surface area (Å²) < 4.78 is 25.6. The summed E-state index contributed by atoms with van der Waals surface area (Å²) in [6.45, 7) is 10.1. The quantitative estimate of drug-likeness (QED) is 0.796. The first-order valence-electron chi connectivity index (χ1n) is 6.89. The first kappa shape index (κ1) is 16.2. The average molecular weight is 286 g/mol. The van der Waals surface area contributed by atoms with Crippen molar-refractivity contribution in [2.75, 3.05) is 12.3 Å². The van der Waals surface area contributed by atoms with E-state index in [1.807, 2.05) is 22.9 Å². The van der Waals surface area contributed by atoms with Gasteiger partial charge >= 0.3 is 0 Å². The zero-order valence-electron chi connectivity index (χ0n) is 12.4. The maximum absolute atomic E-state index is 11.8. The molecule has 0 amide bonds. The molecular formula is C14H26N2O2S. The molecule has 1 heterocycles. The van der Waals surface area contributed by atoms with Crippen LogP contribution in [-0.4, -0.2) is 30.5 Å². The van der Waals surface area contributed by atoms with Gasteiger partial charge in [-0.1, -0.05) is 13.8 Å². The van der Waals surface area contributed by atoms with Gasteiger partial charge in [0.2, 0.25) is 0 Å². The van der Waals surface area contributed by atoms with Gasteiger partial charge in [-0.05, 0) is 38.4 Å². The van der Waals surface area contributed by atoms with Crippen LogP contribution in [-0.2, 0) is 22.9 Å². The molecular weight excluding hydrogens is 260 g/mol. The van der Waals surface area contributed by atoms with Crippen molar-refractivity contribution >= 4 is 9.84 Å². The van der Waals surface area contributed by atoms with Crippen molar-refractivity contribution < 1.29 is 8.42 Å². The molecule has 1 rings (SSSR count). The third-order valence-electron chi connectivity index (χ3n) is 3.12. The summed E-state index contributed by atoms with van der Waals surface area (Å²) in [5.41, 5.74) is 1.14. The molecule has 4 nitrogen and oxygen atoms in total. The standard InChI is InChI=1S/C14H26N2O2S/c1-12(2)10-15-11-14-6-5-7-16(14)8-9-19(17,18)13(3)4/h5-7,12-13,15H,8-11H2,1-4H3. The summed E-state index contributed by atoms with van der Waals surface area (Å²) >= 11 is 0. The normalized spacial score (nSPS) is 12.5. The van der Waals surface area contributed by atoms with E-state index in [4.69, 9.17) is 0 Å². The van der Waals surface area contributed by atoms with E-state index in [1.54, 1.807) is 13.8 Å². The summed E-state index contributed by atoms with van der Waals surface area (Å²) in [5, 5.41) is 3.08. The largest absolute Gasteiger partial charge is 0.349 e. The molecule has 1 aromatic rings. The minimum atomic E-state index is -2.97. The fraction of sp³-hybridized carbons (Fsp3) is 0.714. The van der Waals surface area contributed by atoms with Gasteiger partial charge in [0.15, 0.2) is 9.84 Å². The van der Waals surface area contributed by atoms with E-state index in [0.717, 1.165) is 18.8 Å². The highest BCUT2D eigenvalue weighted by atomic mass is 32.2. The van der Waals surface area contributed by atoms with Gasteiger partial charge in [-0.3, -0.25) is 0 Å². The molecule has 0 saturated carbocycles. The van der Waals surface area contributed by atoms with Crippen molar-refractivity contribution in [2.24, 2.45) is 5.92 Å². The second kappa shape index (κ2) is 7.10. The van der Waals surface area contributed by atoms with E-state index in [2.05, 4.69) is 19.2 Å². The summed E-state index contributed by atoms with van der Waals surface area (Å²) in [4.78, 5) is 0. The molecule has 1 aromatic heterocycles. The second-order valence-electron chi connectivity index (χ2n) is 5.63. The minimum Gasteiger partial charge on any atom is -0.349 e. The summed E-state index contributed by atoms with van der Waals surface area (Å²) in [5.74, 6) is 0.820. The van der Waals surface area contributed by atoms with Crippen LogP contribution in [0.2, 0.25) is 0 Å². The number of nitrogens with one attached hydrogen (secondary N) is 1. The van der Waals surface area contributed by atoms with Gasteiger partial charge in [0.1, 0.15) is 0 Å². The van der Waals surface area contributed by atoms with Crippen molar-refractivity contribution in [2.45, 2.75) is 46.0 Å². The lowest BCUT2D eigenvalue weighted by molar-refractivity contribution is 0.535. The zero-order valence-corrected chi connectivity index (χ0v) is 13.2. The van der Waals surface area contributed by atoms with Gasteiger partial charge in [0, 0.05) is 25.0 Å². The molecule has 0 aliphatic carbocycles. The van der Waals surface area contributed by atoms with Crippen molar-refractivity contribution in [1.29, 1.82) is 0 Å². The van der Waals surface area contributed by atoms with Crippen molar-refractivity contribution in [3.05, 3.63) is 24.0 Å². The zero-order chi connectivity index (χ0) is 14.5. The van der Waals surface area contributed by atoms with E-state index in [-0.39, 0.29) is 11.0 Å². The Morgan fingerprint density at radius 3 is 2.53 bits per heavy atom. The van der Waals surface area contributed by atoms with Crippen molar-refractivity contribution in [3.63, 3.8) is 0 Å². The Labute approximate surface area is 117 Å². The monoisotopic (exact) mass is 286 g/mol. The van der Waals surface area contributed by atoms with Crippen LogP contribution in [0.25, 0.3) is 0 Å². The first-order chi connectivity index (χ1) is 8.83. The summed E-state index contributed by atoms with van der Waals surface area (Å²) in [6, 6.07) is 4.00. The molecule has 0 fully saturated rings. The number of hydrogen-bond acceptors (Lipinski definition) is 3. The first-order valence-corrected chi connectivity index (χ1v) is 8.60. The summed E-state index contributed by atoms with van der Waals surface area (Å²) in [7, 11) is -2.97. The molecule has 0 aliphatic heterocycles. The maximum Gasteiger partial charge on any atom is 0.154 e. The Bertz CT molecular complexity index is 475. The molecule has 0 atom stereocenters. The Hall–Kier alpha value is -0.810. The third-order valence-corrected chi connectivity index (χ3v) is 5.31.